The molecule has 0 bridgehead atoms. The van der Waals surface area contributed by atoms with Crippen LogP contribution >= 0.6 is 0 Å². The molecular weight excluding hydrogens is 312 g/mol. The fraction of sp³-hybridized carbons (Fsp3) is 0.769. The molecule has 0 spiro atoms. The summed E-state index contributed by atoms with van der Waals surface area (Å²) in [7, 11) is 0. The monoisotopic (exact) mass is 354 g/mol. The van der Waals surface area contributed by atoms with E-state index < -0.39 is 0 Å². The highest BCUT2D eigenvalue weighted by Gasteiger charge is 2.34. The van der Waals surface area contributed by atoms with Crippen molar-refractivity contribution in [2.24, 2.45) is 34.5 Å². The third kappa shape index (κ3) is 5.37. The van der Waals surface area contributed by atoms with Crippen LogP contribution in [-0.4, -0.2) is 0 Å². The molecule has 4 unspecified atom stereocenters. The van der Waals surface area contributed by atoms with Gasteiger partial charge in [-0.3, -0.25) is 0 Å². The van der Waals surface area contributed by atoms with E-state index in [1.807, 2.05) is 0 Å². The molecular formula is C26H42. The Kier molecular flexibility index (Phi) is 5.90. The van der Waals surface area contributed by atoms with E-state index in [2.05, 4.69) is 65.8 Å². The Hall–Kier alpha value is -0.780. The van der Waals surface area contributed by atoms with E-state index in [0.717, 1.165) is 23.7 Å². The molecule has 0 aliphatic heterocycles. The van der Waals surface area contributed by atoms with Gasteiger partial charge in [0.2, 0.25) is 0 Å². The summed E-state index contributed by atoms with van der Waals surface area (Å²) in [5.41, 5.74) is 4.36. The van der Waals surface area contributed by atoms with Crippen LogP contribution in [0.15, 0.2) is 24.3 Å². The summed E-state index contributed by atoms with van der Waals surface area (Å²) >= 11 is 0. The van der Waals surface area contributed by atoms with Gasteiger partial charge in [0, 0.05) is 0 Å². The van der Waals surface area contributed by atoms with E-state index in [-0.39, 0.29) is 0 Å². The molecule has 2 fully saturated rings. The van der Waals surface area contributed by atoms with Crippen LogP contribution < -0.4 is 0 Å². The van der Waals surface area contributed by atoms with Gasteiger partial charge in [-0.25, -0.2) is 0 Å². The molecule has 0 N–H and O–H groups in total. The molecule has 0 radical (unpaired) electrons. The zero-order valence-electron chi connectivity index (χ0n) is 18.3. The molecule has 1 aromatic carbocycles. The summed E-state index contributed by atoms with van der Waals surface area (Å²) in [6.45, 7) is 14.8. The summed E-state index contributed by atoms with van der Waals surface area (Å²) < 4.78 is 0. The highest BCUT2D eigenvalue weighted by Crippen LogP contribution is 2.45. The Labute approximate surface area is 163 Å². The van der Waals surface area contributed by atoms with Crippen LogP contribution in [0.5, 0.6) is 0 Å². The first kappa shape index (κ1) is 20.0. The number of rotatable bonds is 4. The fourth-order valence-corrected chi connectivity index (χ4v) is 6.98. The first-order chi connectivity index (χ1) is 12.1. The SMILES string of the molecule is CC1CC(Cc2ccccc2CC2CC(C)CC(C)(C)C2)CC(C)(C)C1. The minimum atomic E-state index is 0.528. The molecule has 26 heavy (non-hydrogen) atoms. The van der Waals surface area contributed by atoms with Crippen molar-refractivity contribution >= 4 is 0 Å². The summed E-state index contributed by atoms with van der Waals surface area (Å²) in [5.74, 6) is 3.51. The minimum Gasteiger partial charge on any atom is -0.0625 e. The van der Waals surface area contributed by atoms with E-state index in [0.29, 0.717) is 10.8 Å². The summed E-state index contributed by atoms with van der Waals surface area (Å²) in [5, 5.41) is 0. The first-order valence-corrected chi connectivity index (χ1v) is 11.2. The van der Waals surface area contributed by atoms with Gasteiger partial charge >= 0.3 is 0 Å². The largest absolute Gasteiger partial charge is 0.0625 e. The molecule has 0 nitrogen and oxygen atoms in total. The highest BCUT2D eigenvalue weighted by atomic mass is 14.4. The van der Waals surface area contributed by atoms with Gasteiger partial charge in [-0.1, -0.05) is 65.8 Å². The topological polar surface area (TPSA) is 0 Å². The van der Waals surface area contributed by atoms with Gasteiger partial charge < -0.3 is 0 Å². The lowest BCUT2D eigenvalue weighted by molar-refractivity contribution is 0.129. The van der Waals surface area contributed by atoms with E-state index in [4.69, 9.17) is 0 Å². The lowest BCUT2D eigenvalue weighted by atomic mass is 9.65. The van der Waals surface area contributed by atoms with Crippen molar-refractivity contribution in [3.05, 3.63) is 35.4 Å². The second-order valence-corrected chi connectivity index (χ2v) is 11.7. The third-order valence-electron chi connectivity index (χ3n) is 7.09. The Balaban J connectivity index is 1.70. The van der Waals surface area contributed by atoms with Crippen LogP contribution in [0.4, 0.5) is 0 Å². The Bertz CT molecular complexity index is 541. The molecule has 0 aromatic heterocycles. The van der Waals surface area contributed by atoms with Crippen molar-refractivity contribution in [2.75, 3.05) is 0 Å². The molecule has 0 amide bonds. The summed E-state index contributed by atoms with van der Waals surface area (Å²) in [6.07, 6.45) is 11.1. The van der Waals surface area contributed by atoms with Crippen LogP contribution in [-0.2, 0) is 12.8 Å². The third-order valence-corrected chi connectivity index (χ3v) is 7.09. The predicted octanol–water partition coefficient (Wildman–Crippen LogP) is 7.70. The van der Waals surface area contributed by atoms with Crippen LogP contribution in [0.1, 0.15) is 91.2 Å². The van der Waals surface area contributed by atoms with Gasteiger partial charge in [-0.2, -0.15) is 0 Å². The lowest BCUT2D eigenvalue weighted by Crippen LogP contribution is -2.30. The normalized spacial score (nSPS) is 33.8. The standard InChI is InChI=1S/C26H42/c1-19-11-21(17-25(3,4)15-19)13-23-9-7-8-10-24(23)14-22-12-20(2)16-26(5,6)18-22/h7-10,19-22H,11-18H2,1-6H3. The maximum Gasteiger partial charge on any atom is -0.0247 e. The summed E-state index contributed by atoms with van der Waals surface area (Å²) in [6, 6.07) is 9.39. The average molecular weight is 355 g/mol. The molecule has 0 heterocycles. The van der Waals surface area contributed by atoms with Gasteiger partial charge in [0.1, 0.15) is 0 Å². The quantitative estimate of drug-likeness (QED) is 0.519. The maximum atomic E-state index is 2.48. The van der Waals surface area contributed by atoms with Crippen LogP contribution in [0.25, 0.3) is 0 Å². The van der Waals surface area contributed by atoms with Crippen LogP contribution in [0.2, 0.25) is 0 Å². The van der Waals surface area contributed by atoms with Crippen molar-refractivity contribution in [3.63, 3.8) is 0 Å². The van der Waals surface area contributed by atoms with Gasteiger partial charge in [-0.05, 0) is 97.0 Å². The number of hydrogen-bond acceptors (Lipinski definition) is 0. The zero-order chi connectivity index (χ0) is 18.9. The Morgan fingerprint density at radius 2 is 1.08 bits per heavy atom. The zero-order valence-corrected chi connectivity index (χ0v) is 18.3. The van der Waals surface area contributed by atoms with Crippen molar-refractivity contribution in [2.45, 2.75) is 92.9 Å². The molecule has 0 heteroatoms. The highest BCUT2D eigenvalue weighted by molar-refractivity contribution is 5.28. The van der Waals surface area contributed by atoms with Gasteiger partial charge in [0.05, 0.1) is 0 Å². The second-order valence-electron chi connectivity index (χ2n) is 11.7. The van der Waals surface area contributed by atoms with Crippen LogP contribution in [0.3, 0.4) is 0 Å². The van der Waals surface area contributed by atoms with Crippen LogP contribution in [0, 0.1) is 34.5 Å². The van der Waals surface area contributed by atoms with E-state index in [1.165, 1.54) is 51.4 Å². The molecule has 2 aliphatic carbocycles. The van der Waals surface area contributed by atoms with Crippen molar-refractivity contribution in [1.29, 1.82) is 0 Å². The number of hydrogen-bond donors (Lipinski definition) is 0. The van der Waals surface area contributed by atoms with E-state index in [1.54, 1.807) is 11.1 Å². The average Bonchev–Trinajstić information content (AvgIpc) is 2.45. The lowest BCUT2D eigenvalue weighted by Gasteiger charge is -2.40. The molecule has 2 aliphatic rings. The van der Waals surface area contributed by atoms with Crippen molar-refractivity contribution in [1.82, 2.24) is 0 Å². The van der Waals surface area contributed by atoms with E-state index >= 15 is 0 Å². The Morgan fingerprint density at radius 1 is 0.692 bits per heavy atom. The second kappa shape index (κ2) is 7.69. The smallest absolute Gasteiger partial charge is 0.0247 e. The molecule has 2 saturated carbocycles. The Morgan fingerprint density at radius 3 is 1.42 bits per heavy atom. The van der Waals surface area contributed by atoms with Crippen molar-refractivity contribution < 1.29 is 0 Å². The van der Waals surface area contributed by atoms with Gasteiger partial charge in [0.15, 0.2) is 0 Å². The molecule has 1 aromatic rings. The maximum absolute atomic E-state index is 2.48. The van der Waals surface area contributed by atoms with E-state index in [9.17, 15) is 0 Å². The molecule has 146 valence electrons. The fourth-order valence-electron chi connectivity index (χ4n) is 6.98. The number of benzene rings is 1. The van der Waals surface area contributed by atoms with Gasteiger partial charge in [0.25, 0.3) is 0 Å². The van der Waals surface area contributed by atoms with Gasteiger partial charge in [-0.15, -0.1) is 0 Å². The molecule has 0 saturated heterocycles. The summed E-state index contributed by atoms with van der Waals surface area (Å²) in [4.78, 5) is 0. The first-order valence-electron chi connectivity index (χ1n) is 11.2. The molecule has 4 atom stereocenters. The van der Waals surface area contributed by atoms with Crippen molar-refractivity contribution in [3.8, 4) is 0 Å². The predicted molar refractivity (Wildman–Crippen MR) is 114 cm³/mol. The minimum absolute atomic E-state index is 0.528. The molecule has 3 rings (SSSR count).